The molecule has 1 amide bonds. The summed E-state index contributed by atoms with van der Waals surface area (Å²) in [6.45, 7) is 4.20. The van der Waals surface area contributed by atoms with Gasteiger partial charge in [-0.2, -0.15) is 5.10 Å². The van der Waals surface area contributed by atoms with Crippen molar-refractivity contribution in [2.24, 2.45) is 7.05 Å². The molecule has 1 aliphatic carbocycles. The van der Waals surface area contributed by atoms with Crippen molar-refractivity contribution in [3.05, 3.63) is 53.3 Å². The Kier molecular flexibility index (Phi) is 3.53. The third kappa shape index (κ3) is 2.84. The van der Waals surface area contributed by atoms with Crippen LogP contribution in [0.1, 0.15) is 53.8 Å². The Hall–Kier alpha value is -2.10. The molecule has 1 heterocycles. The monoisotopic (exact) mass is 283 g/mol. The minimum absolute atomic E-state index is 0.0686. The van der Waals surface area contributed by atoms with E-state index in [0.717, 1.165) is 12.1 Å². The molecule has 110 valence electrons. The van der Waals surface area contributed by atoms with E-state index in [1.807, 2.05) is 31.3 Å². The molecule has 1 saturated carbocycles. The van der Waals surface area contributed by atoms with Gasteiger partial charge in [0.2, 0.25) is 0 Å². The Bertz CT molecular complexity index is 645. The Labute approximate surface area is 125 Å². The number of benzene rings is 1. The summed E-state index contributed by atoms with van der Waals surface area (Å²) in [5.41, 5.74) is 2.89. The maximum absolute atomic E-state index is 12.3. The lowest BCUT2D eigenvalue weighted by atomic mass is 10.1. The molecule has 0 radical (unpaired) electrons. The second kappa shape index (κ2) is 5.35. The summed E-state index contributed by atoms with van der Waals surface area (Å²) in [6, 6.07) is 12.5. The van der Waals surface area contributed by atoms with E-state index in [4.69, 9.17) is 0 Å². The van der Waals surface area contributed by atoms with Gasteiger partial charge in [-0.1, -0.05) is 44.2 Å². The fraction of sp³-hybridized carbons (Fsp3) is 0.412. The molecule has 0 saturated heterocycles. The van der Waals surface area contributed by atoms with Gasteiger partial charge in [0, 0.05) is 24.7 Å². The molecule has 0 aliphatic heterocycles. The second-order valence-corrected chi connectivity index (χ2v) is 6.07. The van der Waals surface area contributed by atoms with Crippen LogP contribution in [-0.4, -0.2) is 21.7 Å². The average Bonchev–Trinajstić information content (AvgIpc) is 3.11. The number of carbonyl (C=O) groups is 1. The number of amides is 1. The summed E-state index contributed by atoms with van der Waals surface area (Å²) >= 11 is 0. The third-order valence-electron chi connectivity index (χ3n) is 4.07. The molecule has 0 spiro atoms. The molecule has 1 aromatic carbocycles. The van der Waals surface area contributed by atoms with Crippen LogP contribution in [0.4, 0.5) is 0 Å². The Morgan fingerprint density at radius 3 is 2.67 bits per heavy atom. The van der Waals surface area contributed by atoms with E-state index in [2.05, 4.69) is 36.4 Å². The Morgan fingerprint density at radius 2 is 2.05 bits per heavy atom. The molecule has 3 rings (SSSR count). The van der Waals surface area contributed by atoms with E-state index in [-0.39, 0.29) is 11.9 Å². The first kappa shape index (κ1) is 13.9. The highest BCUT2D eigenvalue weighted by molar-refractivity contribution is 5.93. The smallest absolute Gasteiger partial charge is 0.272 e. The Morgan fingerprint density at radius 1 is 1.33 bits per heavy atom. The van der Waals surface area contributed by atoms with Crippen molar-refractivity contribution >= 4 is 5.91 Å². The standard InChI is InChI=1S/C17H21N3O/c1-11(2)16-10-15(19-20(16)3)17(21)18-14-9-13(14)12-7-5-4-6-8-12/h4-8,10-11,13-14H,9H2,1-3H3,(H,18,21)/t13-,14-/m0/s1. The normalized spacial score (nSPS) is 20.6. The van der Waals surface area contributed by atoms with Gasteiger partial charge in [0.05, 0.1) is 0 Å². The topological polar surface area (TPSA) is 46.9 Å². The lowest BCUT2D eigenvalue weighted by Crippen LogP contribution is -2.27. The number of nitrogens with zero attached hydrogens (tertiary/aromatic N) is 2. The highest BCUT2D eigenvalue weighted by Gasteiger charge is 2.39. The van der Waals surface area contributed by atoms with Crippen molar-refractivity contribution < 1.29 is 4.79 Å². The van der Waals surface area contributed by atoms with Crippen molar-refractivity contribution in [2.75, 3.05) is 0 Å². The molecule has 1 aliphatic rings. The number of carbonyl (C=O) groups excluding carboxylic acids is 1. The minimum atomic E-state index is -0.0686. The lowest BCUT2D eigenvalue weighted by Gasteiger charge is -2.02. The van der Waals surface area contributed by atoms with Crippen LogP contribution in [0.2, 0.25) is 0 Å². The fourth-order valence-electron chi connectivity index (χ4n) is 2.80. The van der Waals surface area contributed by atoms with Gasteiger partial charge in [-0.25, -0.2) is 0 Å². The van der Waals surface area contributed by atoms with Gasteiger partial charge in [0.1, 0.15) is 5.69 Å². The van der Waals surface area contributed by atoms with Crippen molar-refractivity contribution in [3.8, 4) is 0 Å². The van der Waals surface area contributed by atoms with Crippen molar-refractivity contribution in [3.63, 3.8) is 0 Å². The predicted octanol–water partition coefficient (Wildman–Crippen LogP) is 2.83. The summed E-state index contributed by atoms with van der Waals surface area (Å²) in [5, 5.41) is 7.40. The largest absolute Gasteiger partial charge is 0.347 e. The van der Waals surface area contributed by atoms with E-state index in [1.54, 1.807) is 4.68 Å². The van der Waals surface area contributed by atoms with Gasteiger partial charge < -0.3 is 5.32 Å². The summed E-state index contributed by atoms with van der Waals surface area (Å²) in [5.74, 6) is 0.742. The molecule has 1 N–H and O–H groups in total. The summed E-state index contributed by atoms with van der Waals surface area (Å²) in [4.78, 5) is 12.3. The summed E-state index contributed by atoms with van der Waals surface area (Å²) in [6.07, 6.45) is 1.01. The van der Waals surface area contributed by atoms with Crippen LogP contribution in [0.3, 0.4) is 0 Å². The van der Waals surface area contributed by atoms with Crippen LogP contribution >= 0.6 is 0 Å². The first-order chi connectivity index (χ1) is 10.1. The van der Waals surface area contributed by atoms with Gasteiger partial charge in [-0.05, 0) is 24.0 Å². The van der Waals surface area contributed by atoms with Crippen molar-refractivity contribution in [2.45, 2.75) is 38.1 Å². The maximum atomic E-state index is 12.3. The number of aryl methyl sites for hydroxylation is 1. The number of aromatic nitrogens is 2. The zero-order valence-corrected chi connectivity index (χ0v) is 12.7. The molecule has 21 heavy (non-hydrogen) atoms. The SMILES string of the molecule is CC(C)c1cc(C(=O)N[C@H]2C[C@H]2c2ccccc2)nn1C. The summed E-state index contributed by atoms with van der Waals surface area (Å²) < 4.78 is 1.79. The summed E-state index contributed by atoms with van der Waals surface area (Å²) in [7, 11) is 1.88. The molecule has 2 aromatic rings. The first-order valence-corrected chi connectivity index (χ1v) is 7.46. The predicted molar refractivity (Wildman–Crippen MR) is 82.4 cm³/mol. The zero-order valence-electron chi connectivity index (χ0n) is 12.7. The fourth-order valence-corrected chi connectivity index (χ4v) is 2.80. The number of hydrogen-bond acceptors (Lipinski definition) is 2. The lowest BCUT2D eigenvalue weighted by molar-refractivity contribution is 0.0944. The molecule has 0 unspecified atom stereocenters. The molecule has 4 nitrogen and oxygen atoms in total. The first-order valence-electron chi connectivity index (χ1n) is 7.46. The third-order valence-corrected chi connectivity index (χ3v) is 4.07. The van der Waals surface area contributed by atoms with Gasteiger partial charge in [0.25, 0.3) is 5.91 Å². The van der Waals surface area contributed by atoms with Crippen LogP contribution in [-0.2, 0) is 7.05 Å². The van der Waals surface area contributed by atoms with Crippen LogP contribution in [0.15, 0.2) is 36.4 Å². The highest BCUT2D eigenvalue weighted by Crippen LogP contribution is 2.40. The van der Waals surface area contributed by atoms with E-state index in [1.165, 1.54) is 5.56 Å². The van der Waals surface area contributed by atoms with E-state index in [9.17, 15) is 4.79 Å². The van der Waals surface area contributed by atoms with Crippen molar-refractivity contribution in [1.82, 2.24) is 15.1 Å². The molecule has 0 bridgehead atoms. The average molecular weight is 283 g/mol. The van der Waals surface area contributed by atoms with E-state index in [0.29, 0.717) is 17.5 Å². The van der Waals surface area contributed by atoms with Gasteiger partial charge in [-0.15, -0.1) is 0 Å². The zero-order chi connectivity index (χ0) is 15.0. The number of rotatable bonds is 4. The molecule has 1 fully saturated rings. The van der Waals surface area contributed by atoms with Crippen LogP contribution in [0.25, 0.3) is 0 Å². The van der Waals surface area contributed by atoms with Gasteiger partial charge in [-0.3, -0.25) is 9.48 Å². The van der Waals surface area contributed by atoms with Crippen LogP contribution in [0.5, 0.6) is 0 Å². The van der Waals surface area contributed by atoms with E-state index < -0.39 is 0 Å². The minimum Gasteiger partial charge on any atom is -0.347 e. The van der Waals surface area contributed by atoms with Gasteiger partial charge in [0.15, 0.2) is 0 Å². The molecular formula is C17H21N3O. The Balaban J connectivity index is 1.64. The second-order valence-electron chi connectivity index (χ2n) is 6.07. The maximum Gasteiger partial charge on any atom is 0.272 e. The highest BCUT2D eigenvalue weighted by atomic mass is 16.2. The molecular weight excluding hydrogens is 262 g/mol. The van der Waals surface area contributed by atoms with Crippen LogP contribution < -0.4 is 5.32 Å². The van der Waals surface area contributed by atoms with Crippen LogP contribution in [0, 0.1) is 0 Å². The molecule has 4 heteroatoms. The van der Waals surface area contributed by atoms with Gasteiger partial charge >= 0.3 is 0 Å². The molecule has 2 atom stereocenters. The number of hydrogen-bond donors (Lipinski definition) is 1. The number of nitrogens with one attached hydrogen (secondary N) is 1. The quantitative estimate of drug-likeness (QED) is 0.938. The van der Waals surface area contributed by atoms with Crippen molar-refractivity contribution in [1.29, 1.82) is 0 Å². The molecule has 1 aromatic heterocycles. The van der Waals surface area contributed by atoms with E-state index >= 15 is 0 Å².